The van der Waals surface area contributed by atoms with Gasteiger partial charge in [0.05, 0.1) is 6.33 Å². The minimum atomic E-state index is -0.131. The van der Waals surface area contributed by atoms with Crippen LogP contribution in [0.2, 0.25) is 0 Å². The summed E-state index contributed by atoms with van der Waals surface area (Å²) in [6.07, 6.45) is 5.36. The first-order valence-electron chi connectivity index (χ1n) is 7.35. The predicted octanol–water partition coefficient (Wildman–Crippen LogP) is 2.75. The van der Waals surface area contributed by atoms with Gasteiger partial charge in [-0.05, 0) is 19.1 Å². The summed E-state index contributed by atoms with van der Waals surface area (Å²) < 4.78 is 1.94. The number of rotatable bonds is 7. The van der Waals surface area contributed by atoms with Crippen LogP contribution in [0.1, 0.15) is 13.8 Å². The zero-order valence-electron chi connectivity index (χ0n) is 12.9. The molecule has 5 nitrogen and oxygen atoms in total. The van der Waals surface area contributed by atoms with Gasteiger partial charge in [-0.1, -0.05) is 25.1 Å². The zero-order valence-corrected chi connectivity index (χ0v) is 13.7. The van der Waals surface area contributed by atoms with Crippen molar-refractivity contribution in [3.63, 3.8) is 0 Å². The molecule has 0 unspecified atom stereocenters. The summed E-state index contributed by atoms with van der Waals surface area (Å²) >= 11 is 1.75. The number of benzene rings is 1. The molecule has 1 aromatic heterocycles. The second-order valence-electron chi connectivity index (χ2n) is 5.26. The van der Waals surface area contributed by atoms with Crippen molar-refractivity contribution in [1.29, 1.82) is 0 Å². The Morgan fingerprint density at radius 3 is 2.77 bits per heavy atom. The maximum Gasteiger partial charge on any atom is 0.315 e. The smallest absolute Gasteiger partial charge is 0.315 e. The molecule has 1 heterocycles. The van der Waals surface area contributed by atoms with Gasteiger partial charge >= 0.3 is 6.03 Å². The van der Waals surface area contributed by atoms with E-state index in [2.05, 4.69) is 34.7 Å². The summed E-state index contributed by atoms with van der Waals surface area (Å²) in [4.78, 5) is 17.1. The lowest BCUT2D eigenvalue weighted by Crippen LogP contribution is -2.44. The molecular weight excluding hydrogens is 296 g/mol. The van der Waals surface area contributed by atoms with Crippen LogP contribution in [0.25, 0.3) is 0 Å². The molecule has 0 radical (unpaired) electrons. The van der Waals surface area contributed by atoms with Gasteiger partial charge in [-0.3, -0.25) is 0 Å². The number of nitrogens with zero attached hydrogens (tertiary/aromatic N) is 2. The first kappa shape index (κ1) is 16.4. The molecule has 0 aliphatic heterocycles. The molecule has 0 aliphatic carbocycles. The lowest BCUT2D eigenvalue weighted by atomic mass is 10.3. The third-order valence-corrected chi connectivity index (χ3v) is 4.17. The Morgan fingerprint density at radius 2 is 2.09 bits per heavy atom. The predicted molar refractivity (Wildman–Crippen MR) is 90.0 cm³/mol. The molecule has 2 atom stereocenters. The molecule has 2 rings (SSSR count). The Balaban J connectivity index is 1.66. The van der Waals surface area contributed by atoms with Gasteiger partial charge in [-0.15, -0.1) is 11.8 Å². The Labute approximate surface area is 135 Å². The van der Waals surface area contributed by atoms with E-state index in [0.29, 0.717) is 18.3 Å². The molecule has 2 amide bonds. The van der Waals surface area contributed by atoms with E-state index in [-0.39, 0.29) is 12.1 Å². The largest absolute Gasteiger partial charge is 0.337 e. The summed E-state index contributed by atoms with van der Waals surface area (Å²) in [6, 6.07) is 10.1. The normalized spacial score (nSPS) is 13.4. The van der Waals surface area contributed by atoms with Crippen LogP contribution in [0.15, 0.2) is 53.9 Å². The summed E-state index contributed by atoms with van der Waals surface area (Å²) in [7, 11) is 0. The number of hydrogen-bond acceptors (Lipinski definition) is 3. The van der Waals surface area contributed by atoms with Crippen LogP contribution in [0, 0.1) is 0 Å². The minimum Gasteiger partial charge on any atom is -0.337 e. The maximum atomic E-state index is 11.9. The van der Waals surface area contributed by atoms with Crippen molar-refractivity contribution in [2.24, 2.45) is 0 Å². The highest BCUT2D eigenvalue weighted by atomic mass is 32.2. The van der Waals surface area contributed by atoms with Crippen LogP contribution in [0.4, 0.5) is 4.79 Å². The van der Waals surface area contributed by atoms with Crippen LogP contribution < -0.4 is 10.6 Å². The van der Waals surface area contributed by atoms with Crippen molar-refractivity contribution >= 4 is 17.8 Å². The number of imidazole rings is 1. The number of carbonyl (C=O) groups is 1. The van der Waals surface area contributed by atoms with Crippen molar-refractivity contribution in [2.45, 2.75) is 36.6 Å². The summed E-state index contributed by atoms with van der Waals surface area (Å²) in [5.74, 6) is 0. The van der Waals surface area contributed by atoms with Gasteiger partial charge in [0.2, 0.25) is 0 Å². The van der Waals surface area contributed by atoms with Crippen molar-refractivity contribution in [3.05, 3.63) is 49.1 Å². The highest BCUT2D eigenvalue weighted by Crippen LogP contribution is 2.21. The number of amides is 2. The zero-order chi connectivity index (χ0) is 15.8. The lowest BCUT2D eigenvalue weighted by molar-refractivity contribution is 0.236. The number of thioether (sulfide) groups is 1. The quantitative estimate of drug-likeness (QED) is 0.772. The molecule has 0 aliphatic rings. The molecule has 22 heavy (non-hydrogen) atoms. The molecule has 6 heteroatoms. The topological polar surface area (TPSA) is 59.0 Å². The molecule has 0 saturated carbocycles. The number of hydrogen-bond donors (Lipinski definition) is 2. The van der Waals surface area contributed by atoms with Gasteiger partial charge in [0.25, 0.3) is 0 Å². The molecule has 0 fully saturated rings. The van der Waals surface area contributed by atoms with Crippen molar-refractivity contribution in [2.75, 3.05) is 6.54 Å². The number of urea groups is 1. The monoisotopic (exact) mass is 318 g/mol. The summed E-state index contributed by atoms with van der Waals surface area (Å²) in [5.41, 5.74) is 0. The standard InChI is InChI=1S/C16H22N4OS/c1-13(11-20-9-8-17-12-20)19-16(21)18-10-14(2)22-15-6-4-3-5-7-15/h3-9,12-14H,10-11H2,1-2H3,(H2,18,19,21)/t13-,14-/m1/s1. The Bertz CT molecular complexity index is 559. The summed E-state index contributed by atoms with van der Waals surface area (Å²) in [6.45, 7) is 5.42. The van der Waals surface area contributed by atoms with E-state index >= 15 is 0 Å². The van der Waals surface area contributed by atoms with Gasteiger partial charge in [0.15, 0.2) is 0 Å². The van der Waals surface area contributed by atoms with Crippen LogP contribution in [-0.4, -0.2) is 33.4 Å². The van der Waals surface area contributed by atoms with Crippen molar-refractivity contribution in [3.8, 4) is 0 Å². The highest BCUT2D eigenvalue weighted by molar-refractivity contribution is 8.00. The third-order valence-electron chi connectivity index (χ3n) is 3.05. The second kappa shape index (κ2) is 8.48. The second-order valence-corrected chi connectivity index (χ2v) is 6.77. The fraction of sp³-hybridized carbons (Fsp3) is 0.375. The average molecular weight is 318 g/mol. The number of carbonyl (C=O) groups excluding carboxylic acids is 1. The molecule has 118 valence electrons. The Kier molecular flexibility index (Phi) is 6.33. The van der Waals surface area contributed by atoms with Gasteiger partial charge in [-0.2, -0.15) is 0 Å². The first-order valence-corrected chi connectivity index (χ1v) is 8.23. The van der Waals surface area contributed by atoms with Crippen LogP contribution >= 0.6 is 11.8 Å². The molecule has 2 aromatic rings. The van der Waals surface area contributed by atoms with Crippen molar-refractivity contribution < 1.29 is 4.79 Å². The van der Waals surface area contributed by atoms with Gasteiger partial charge in [0, 0.05) is 41.7 Å². The Hall–Kier alpha value is -1.95. The van der Waals surface area contributed by atoms with E-state index in [0.717, 1.165) is 0 Å². The van der Waals surface area contributed by atoms with E-state index in [1.807, 2.05) is 35.9 Å². The third kappa shape index (κ3) is 5.81. The maximum absolute atomic E-state index is 11.9. The van der Waals surface area contributed by atoms with Crippen LogP contribution in [0.5, 0.6) is 0 Å². The van der Waals surface area contributed by atoms with E-state index in [1.165, 1.54) is 4.90 Å². The lowest BCUT2D eigenvalue weighted by Gasteiger charge is -2.17. The molecule has 1 aromatic carbocycles. The van der Waals surface area contributed by atoms with E-state index in [9.17, 15) is 4.79 Å². The van der Waals surface area contributed by atoms with Crippen molar-refractivity contribution in [1.82, 2.24) is 20.2 Å². The molecular formula is C16H22N4OS. The van der Waals surface area contributed by atoms with Gasteiger partial charge in [0.1, 0.15) is 0 Å². The Morgan fingerprint density at radius 1 is 1.32 bits per heavy atom. The van der Waals surface area contributed by atoms with E-state index in [4.69, 9.17) is 0 Å². The highest BCUT2D eigenvalue weighted by Gasteiger charge is 2.10. The summed E-state index contributed by atoms with van der Waals surface area (Å²) in [5, 5.41) is 6.16. The van der Waals surface area contributed by atoms with Crippen LogP contribution in [-0.2, 0) is 6.54 Å². The molecule has 0 spiro atoms. The molecule has 2 N–H and O–H groups in total. The minimum absolute atomic E-state index is 0.0475. The molecule has 0 saturated heterocycles. The SMILES string of the molecule is C[C@H](Cn1ccnc1)NC(=O)NC[C@@H](C)Sc1ccccc1. The first-order chi connectivity index (χ1) is 10.6. The molecule has 0 bridgehead atoms. The van der Waals surface area contributed by atoms with Crippen LogP contribution in [0.3, 0.4) is 0 Å². The number of aromatic nitrogens is 2. The van der Waals surface area contributed by atoms with Gasteiger partial charge < -0.3 is 15.2 Å². The fourth-order valence-corrected chi connectivity index (χ4v) is 2.99. The van der Waals surface area contributed by atoms with E-state index < -0.39 is 0 Å². The number of nitrogens with one attached hydrogen (secondary N) is 2. The fourth-order valence-electron chi connectivity index (χ4n) is 2.04. The van der Waals surface area contributed by atoms with E-state index in [1.54, 1.807) is 24.3 Å². The average Bonchev–Trinajstić information content (AvgIpc) is 2.99. The van der Waals surface area contributed by atoms with Gasteiger partial charge in [-0.25, -0.2) is 9.78 Å².